The first-order chi connectivity index (χ1) is 16.1. The van der Waals surface area contributed by atoms with Crippen LogP contribution in [0.25, 0.3) is 0 Å². The second kappa shape index (κ2) is 9.84. The number of ether oxygens (including phenoxy) is 1. The largest absolute Gasteiger partial charge is 0.480 e. The topological polar surface area (TPSA) is 79.8 Å². The minimum Gasteiger partial charge on any atom is -0.480 e. The van der Waals surface area contributed by atoms with Crippen LogP contribution in [0.5, 0.6) is 5.75 Å². The van der Waals surface area contributed by atoms with Crippen LogP contribution < -0.4 is 9.64 Å². The van der Waals surface area contributed by atoms with Gasteiger partial charge in [-0.2, -0.15) is 26.3 Å². The van der Waals surface area contributed by atoms with Crippen LogP contribution >= 0.6 is 11.3 Å². The molecule has 1 aliphatic heterocycles. The van der Waals surface area contributed by atoms with E-state index in [0.717, 1.165) is 30.7 Å². The van der Waals surface area contributed by atoms with Crippen LogP contribution in [0.15, 0.2) is 29.3 Å². The van der Waals surface area contributed by atoms with Gasteiger partial charge in [0.25, 0.3) is 5.91 Å². The van der Waals surface area contributed by atoms with Crippen LogP contribution in [0.4, 0.5) is 31.5 Å². The molecule has 0 aliphatic carbocycles. The number of anilines is 1. The highest BCUT2D eigenvalue weighted by Gasteiger charge is 2.41. The number of aromatic nitrogens is 1. The first-order valence-electron chi connectivity index (χ1n) is 10.3. The molecule has 0 bridgehead atoms. The fraction of sp³-hybridized carbons (Fsp3) is 0.500. The summed E-state index contributed by atoms with van der Waals surface area (Å²) in [5, 5.41) is 0.128. The lowest BCUT2D eigenvalue weighted by atomic mass is 10.1. The van der Waals surface area contributed by atoms with Gasteiger partial charge in [0.1, 0.15) is 10.6 Å². The molecule has 1 amide bonds. The molecule has 1 unspecified atom stereocenters. The Hall–Kier alpha value is -2.55. The van der Waals surface area contributed by atoms with Crippen LogP contribution in [0.1, 0.15) is 28.6 Å². The van der Waals surface area contributed by atoms with Crippen molar-refractivity contribution in [2.75, 3.05) is 37.3 Å². The Morgan fingerprint density at radius 2 is 1.77 bits per heavy atom. The number of hydrogen-bond donors (Lipinski definition) is 0. The third kappa shape index (κ3) is 6.37. The summed E-state index contributed by atoms with van der Waals surface area (Å²) in [7, 11) is -3.78. The van der Waals surface area contributed by atoms with E-state index in [1.807, 2.05) is 0 Å². The third-order valence-corrected chi connectivity index (χ3v) is 7.44. The summed E-state index contributed by atoms with van der Waals surface area (Å²) in [4.78, 5) is 18.7. The molecule has 1 aromatic heterocycles. The number of hydrogen-bond acceptors (Lipinski definition) is 7. The number of carbonyl (C=O) groups is 1. The summed E-state index contributed by atoms with van der Waals surface area (Å²) in [5.74, 6) is -1.17. The Morgan fingerprint density at radius 3 is 2.26 bits per heavy atom. The first-order valence-corrected chi connectivity index (χ1v) is 13.0. The van der Waals surface area contributed by atoms with Crippen LogP contribution in [0, 0.1) is 0 Å². The van der Waals surface area contributed by atoms with Crippen molar-refractivity contribution >= 4 is 32.2 Å². The van der Waals surface area contributed by atoms with Crippen LogP contribution in [0.2, 0.25) is 0 Å². The maximum atomic E-state index is 13.2. The quantitative estimate of drug-likeness (QED) is 0.506. The van der Waals surface area contributed by atoms with E-state index in [2.05, 4.69) is 4.98 Å². The van der Waals surface area contributed by atoms with Gasteiger partial charge in [-0.05, 0) is 24.6 Å². The van der Waals surface area contributed by atoms with Crippen molar-refractivity contribution in [1.82, 2.24) is 9.88 Å². The predicted octanol–water partition coefficient (Wildman–Crippen LogP) is 4.25. The Kier molecular flexibility index (Phi) is 7.60. The Morgan fingerprint density at radius 1 is 1.14 bits per heavy atom. The zero-order chi connectivity index (χ0) is 26.2. The number of carbonyl (C=O) groups excluding carboxylic acids is 1. The molecule has 3 rings (SSSR count). The highest BCUT2D eigenvalue weighted by Crippen LogP contribution is 2.37. The monoisotopic (exact) mass is 545 g/mol. The molecule has 15 heteroatoms. The summed E-state index contributed by atoms with van der Waals surface area (Å²) in [6, 6.07) is 3.05. The van der Waals surface area contributed by atoms with Gasteiger partial charge in [0.2, 0.25) is 0 Å². The summed E-state index contributed by atoms with van der Waals surface area (Å²) < 4.78 is 107. The number of alkyl halides is 6. The number of halogens is 6. The number of thiazole rings is 1. The smallest absolute Gasteiger partial charge is 0.427 e. The molecular weight excluding hydrogens is 524 g/mol. The molecule has 0 saturated carbocycles. The van der Waals surface area contributed by atoms with Crippen molar-refractivity contribution in [3.8, 4) is 5.75 Å². The van der Waals surface area contributed by atoms with E-state index in [0.29, 0.717) is 11.3 Å². The standard InChI is InChI=1S/C20H21F6N3O4S2/c1-3-15(19(21,22)23)33-14-5-4-12(35(2,31)32)10-13(14)17(30)28-6-8-29(9-7-28)18-27-11-16(34-18)20(24,25)26/h4-5,10-11,15H,3,6-9H2,1-2H3. The lowest BCUT2D eigenvalue weighted by Gasteiger charge is -2.35. The molecule has 1 atom stereocenters. The van der Waals surface area contributed by atoms with Crippen molar-refractivity contribution in [3.05, 3.63) is 34.8 Å². The van der Waals surface area contributed by atoms with E-state index in [9.17, 15) is 39.6 Å². The molecule has 35 heavy (non-hydrogen) atoms. The molecule has 2 aromatic rings. The first kappa shape index (κ1) is 27.0. The van der Waals surface area contributed by atoms with Crippen molar-refractivity contribution < 1.29 is 44.3 Å². The highest BCUT2D eigenvalue weighted by atomic mass is 32.2. The molecule has 2 heterocycles. The fourth-order valence-corrected chi connectivity index (χ4v) is 4.84. The number of sulfone groups is 1. The van der Waals surface area contributed by atoms with Gasteiger partial charge in [-0.15, -0.1) is 0 Å². The zero-order valence-electron chi connectivity index (χ0n) is 18.5. The van der Waals surface area contributed by atoms with Crippen LogP contribution in [-0.2, 0) is 16.0 Å². The Labute approximate surface area is 201 Å². The molecule has 1 aliphatic rings. The van der Waals surface area contributed by atoms with E-state index >= 15 is 0 Å². The number of benzene rings is 1. The highest BCUT2D eigenvalue weighted by molar-refractivity contribution is 7.90. The number of nitrogens with zero attached hydrogens (tertiary/aromatic N) is 3. The zero-order valence-corrected chi connectivity index (χ0v) is 20.1. The number of rotatable bonds is 6. The summed E-state index contributed by atoms with van der Waals surface area (Å²) in [5.41, 5.74) is -0.349. The molecule has 1 fully saturated rings. The van der Waals surface area contributed by atoms with Gasteiger partial charge in [-0.3, -0.25) is 4.79 Å². The molecule has 1 aromatic carbocycles. The molecule has 0 spiro atoms. The van der Waals surface area contributed by atoms with E-state index in [-0.39, 0.29) is 41.8 Å². The maximum absolute atomic E-state index is 13.2. The minimum atomic E-state index is -4.71. The average molecular weight is 546 g/mol. The second-order valence-corrected chi connectivity index (χ2v) is 10.8. The van der Waals surface area contributed by atoms with Gasteiger partial charge in [0.05, 0.1) is 16.7 Å². The van der Waals surface area contributed by atoms with E-state index in [1.54, 1.807) is 4.90 Å². The lowest BCUT2D eigenvalue weighted by molar-refractivity contribution is -0.195. The molecule has 194 valence electrons. The maximum Gasteiger partial charge on any atom is 0.427 e. The minimum absolute atomic E-state index is 0.0266. The van der Waals surface area contributed by atoms with E-state index in [1.165, 1.54) is 11.8 Å². The molecule has 1 saturated heterocycles. The van der Waals surface area contributed by atoms with Crippen molar-refractivity contribution in [1.29, 1.82) is 0 Å². The van der Waals surface area contributed by atoms with Gasteiger partial charge in [-0.1, -0.05) is 18.3 Å². The van der Waals surface area contributed by atoms with Crippen molar-refractivity contribution in [2.24, 2.45) is 0 Å². The van der Waals surface area contributed by atoms with Gasteiger partial charge in [0, 0.05) is 32.4 Å². The van der Waals surface area contributed by atoms with Crippen LogP contribution in [0.3, 0.4) is 0 Å². The van der Waals surface area contributed by atoms with E-state index in [4.69, 9.17) is 4.74 Å². The van der Waals surface area contributed by atoms with Gasteiger partial charge < -0.3 is 14.5 Å². The van der Waals surface area contributed by atoms with Crippen LogP contribution in [-0.4, -0.2) is 68.9 Å². The summed E-state index contributed by atoms with van der Waals surface area (Å²) in [6.07, 6.45) is -10.3. The average Bonchev–Trinajstić information content (AvgIpc) is 3.26. The molecule has 7 nitrogen and oxygen atoms in total. The predicted molar refractivity (Wildman–Crippen MR) is 116 cm³/mol. The molecule has 0 radical (unpaired) electrons. The lowest BCUT2D eigenvalue weighted by Crippen LogP contribution is -2.49. The van der Waals surface area contributed by atoms with Gasteiger partial charge >= 0.3 is 12.4 Å². The number of amides is 1. The third-order valence-electron chi connectivity index (χ3n) is 5.22. The fourth-order valence-electron chi connectivity index (χ4n) is 3.36. The second-order valence-electron chi connectivity index (χ2n) is 7.77. The van der Waals surface area contributed by atoms with Gasteiger partial charge in [0.15, 0.2) is 21.1 Å². The molecule has 0 N–H and O–H groups in total. The van der Waals surface area contributed by atoms with Gasteiger partial charge in [-0.25, -0.2) is 13.4 Å². The van der Waals surface area contributed by atoms with E-state index < -0.39 is 51.2 Å². The summed E-state index contributed by atoms with van der Waals surface area (Å²) in [6.45, 7) is 1.56. The molecular formula is C20H21F6N3O4S2. The number of piperazine rings is 1. The summed E-state index contributed by atoms with van der Waals surface area (Å²) >= 11 is 0.464. The Bertz CT molecular complexity index is 1170. The SMILES string of the molecule is CCC(Oc1ccc(S(C)(=O)=O)cc1C(=O)N1CCN(c2ncc(C(F)(F)F)s2)CC1)C(F)(F)F. The normalized spacial score (nSPS) is 16.3. The Balaban J connectivity index is 1.83. The van der Waals surface area contributed by atoms with Crippen molar-refractivity contribution in [3.63, 3.8) is 0 Å². The van der Waals surface area contributed by atoms with Crippen molar-refractivity contribution in [2.45, 2.75) is 36.7 Å².